The van der Waals surface area contributed by atoms with Crippen LogP contribution in [0.1, 0.15) is 45.1 Å². The van der Waals surface area contributed by atoms with E-state index in [0.717, 1.165) is 24.1 Å². The minimum atomic E-state index is -0.504. The lowest BCUT2D eigenvalue weighted by Gasteiger charge is -2.26. The first-order valence-corrected chi connectivity index (χ1v) is 6.67. The molecule has 0 bridgehead atoms. The zero-order valence-electron chi connectivity index (χ0n) is 11.2. The van der Waals surface area contributed by atoms with E-state index in [2.05, 4.69) is 5.32 Å². The van der Waals surface area contributed by atoms with E-state index in [9.17, 15) is 4.79 Å². The Morgan fingerprint density at radius 2 is 1.78 bits per heavy atom. The van der Waals surface area contributed by atoms with E-state index in [1.807, 2.05) is 38.1 Å². The SMILES string of the molecule is CC(C)(C(=O)NC1CCCC1)c1ccc(N)cc1. The average molecular weight is 246 g/mol. The van der Waals surface area contributed by atoms with Gasteiger partial charge in [-0.15, -0.1) is 0 Å². The van der Waals surface area contributed by atoms with Crippen molar-refractivity contribution in [3.8, 4) is 0 Å². The molecule has 1 amide bonds. The van der Waals surface area contributed by atoms with E-state index in [0.29, 0.717) is 6.04 Å². The van der Waals surface area contributed by atoms with Crippen LogP contribution in [0.4, 0.5) is 5.69 Å². The molecule has 1 aliphatic rings. The van der Waals surface area contributed by atoms with Gasteiger partial charge in [-0.1, -0.05) is 25.0 Å². The molecule has 3 N–H and O–H groups in total. The van der Waals surface area contributed by atoms with Crippen molar-refractivity contribution in [3.05, 3.63) is 29.8 Å². The third kappa shape index (κ3) is 2.66. The van der Waals surface area contributed by atoms with Crippen LogP contribution in [0, 0.1) is 0 Å². The Hall–Kier alpha value is -1.51. The average Bonchev–Trinajstić information content (AvgIpc) is 2.82. The van der Waals surface area contributed by atoms with E-state index in [-0.39, 0.29) is 5.91 Å². The molecule has 2 rings (SSSR count). The molecular weight excluding hydrogens is 224 g/mol. The van der Waals surface area contributed by atoms with Crippen molar-refractivity contribution < 1.29 is 4.79 Å². The summed E-state index contributed by atoms with van der Waals surface area (Å²) in [5, 5.41) is 3.16. The molecule has 0 aromatic heterocycles. The lowest BCUT2D eigenvalue weighted by Crippen LogP contribution is -2.44. The van der Waals surface area contributed by atoms with E-state index >= 15 is 0 Å². The summed E-state index contributed by atoms with van der Waals surface area (Å²) < 4.78 is 0. The van der Waals surface area contributed by atoms with Gasteiger partial charge < -0.3 is 11.1 Å². The van der Waals surface area contributed by atoms with Gasteiger partial charge in [-0.3, -0.25) is 4.79 Å². The Morgan fingerprint density at radius 3 is 2.33 bits per heavy atom. The number of nitrogens with two attached hydrogens (primary N) is 1. The van der Waals surface area contributed by atoms with Crippen LogP contribution in [0.5, 0.6) is 0 Å². The first-order chi connectivity index (χ1) is 8.50. The Labute approximate surface area is 109 Å². The summed E-state index contributed by atoms with van der Waals surface area (Å²) in [5.74, 6) is 0.110. The van der Waals surface area contributed by atoms with Gasteiger partial charge in [0.1, 0.15) is 0 Å². The smallest absolute Gasteiger partial charge is 0.230 e. The molecular formula is C15H22N2O. The predicted octanol–water partition coefficient (Wildman–Crippen LogP) is 2.61. The van der Waals surface area contributed by atoms with Gasteiger partial charge in [0.05, 0.1) is 5.41 Å². The van der Waals surface area contributed by atoms with E-state index in [4.69, 9.17) is 5.73 Å². The van der Waals surface area contributed by atoms with Gasteiger partial charge in [-0.25, -0.2) is 0 Å². The summed E-state index contributed by atoms with van der Waals surface area (Å²) in [6.07, 6.45) is 4.69. The summed E-state index contributed by atoms with van der Waals surface area (Å²) in [5.41, 5.74) is 6.91. The minimum Gasteiger partial charge on any atom is -0.399 e. The first-order valence-electron chi connectivity index (χ1n) is 6.67. The fourth-order valence-electron chi connectivity index (χ4n) is 2.47. The minimum absolute atomic E-state index is 0.110. The Bertz CT molecular complexity index is 417. The second-order valence-electron chi connectivity index (χ2n) is 5.70. The van der Waals surface area contributed by atoms with Crippen LogP contribution >= 0.6 is 0 Å². The lowest BCUT2D eigenvalue weighted by atomic mass is 9.83. The number of hydrogen-bond acceptors (Lipinski definition) is 2. The van der Waals surface area contributed by atoms with Crippen LogP contribution in [0.2, 0.25) is 0 Å². The fraction of sp³-hybridized carbons (Fsp3) is 0.533. The highest BCUT2D eigenvalue weighted by Gasteiger charge is 2.31. The summed E-state index contributed by atoms with van der Waals surface area (Å²) in [4.78, 5) is 12.4. The number of anilines is 1. The molecule has 3 nitrogen and oxygen atoms in total. The van der Waals surface area contributed by atoms with E-state index in [1.165, 1.54) is 12.8 Å². The van der Waals surface area contributed by atoms with Gasteiger partial charge >= 0.3 is 0 Å². The molecule has 1 aromatic rings. The second-order valence-corrected chi connectivity index (χ2v) is 5.70. The quantitative estimate of drug-likeness (QED) is 0.805. The van der Waals surface area contributed by atoms with Crippen LogP contribution in [0.3, 0.4) is 0 Å². The summed E-state index contributed by atoms with van der Waals surface area (Å²) in [6, 6.07) is 7.93. The number of nitrogens with one attached hydrogen (secondary N) is 1. The summed E-state index contributed by atoms with van der Waals surface area (Å²) in [7, 11) is 0. The van der Waals surface area contributed by atoms with Crippen molar-refractivity contribution in [2.24, 2.45) is 0 Å². The number of rotatable bonds is 3. The Morgan fingerprint density at radius 1 is 1.22 bits per heavy atom. The summed E-state index contributed by atoms with van der Waals surface area (Å²) >= 11 is 0. The molecule has 98 valence electrons. The molecule has 3 heteroatoms. The maximum Gasteiger partial charge on any atom is 0.230 e. The molecule has 1 aromatic carbocycles. The zero-order chi connectivity index (χ0) is 13.2. The van der Waals surface area contributed by atoms with Gasteiger partial charge in [0.15, 0.2) is 0 Å². The number of carbonyl (C=O) groups is 1. The van der Waals surface area contributed by atoms with Gasteiger partial charge in [0.2, 0.25) is 5.91 Å². The number of benzene rings is 1. The highest BCUT2D eigenvalue weighted by Crippen LogP contribution is 2.26. The molecule has 0 saturated heterocycles. The third-order valence-corrected chi connectivity index (χ3v) is 3.89. The maximum atomic E-state index is 12.4. The van der Waals surface area contributed by atoms with Crippen LogP contribution in [-0.4, -0.2) is 11.9 Å². The number of amides is 1. The van der Waals surface area contributed by atoms with Crippen LogP contribution < -0.4 is 11.1 Å². The molecule has 0 radical (unpaired) electrons. The van der Waals surface area contributed by atoms with Crippen molar-refractivity contribution >= 4 is 11.6 Å². The predicted molar refractivity (Wildman–Crippen MR) is 74.3 cm³/mol. The van der Waals surface area contributed by atoms with Gasteiger partial charge in [0.25, 0.3) is 0 Å². The van der Waals surface area contributed by atoms with Crippen LogP contribution in [-0.2, 0) is 10.2 Å². The standard InChI is InChI=1S/C15H22N2O/c1-15(2,11-7-9-12(16)10-8-11)14(18)17-13-5-3-4-6-13/h7-10,13H,3-6,16H2,1-2H3,(H,17,18). The molecule has 18 heavy (non-hydrogen) atoms. The highest BCUT2D eigenvalue weighted by molar-refractivity contribution is 5.87. The van der Waals surface area contributed by atoms with Crippen LogP contribution in [0.15, 0.2) is 24.3 Å². The molecule has 0 aliphatic heterocycles. The molecule has 0 unspecified atom stereocenters. The van der Waals surface area contributed by atoms with Crippen LogP contribution in [0.25, 0.3) is 0 Å². The molecule has 0 spiro atoms. The Kier molecular flexibility index (Phi) is 3.60. The highest BCUT2D eigenvalue weighted by atomic mass is 16.2. The monoisotopic (exact) mass is 246 g/mol. The Balaban J connectivity index is 2.08. The maximum absolute atomic E-state index is 12.4. The molecule has 0 atom stereocenters. The largest absolute Gasteiger partial charge is 0.399 e. The molecule has 0 heterocycles. The molecule has 1 saturated carbocycles. The van der Waals surface area contributed by atoms with E-state index < -0.39 is 5.41 Å². The van der Waals surface area contributed by atoms with Gasteiger partial charge in [0, 0.05) is 11.7 Å². The third-order valence-electron chi connectivity index (χ3n) is 3.89. The van der Waals surface area contributed by atoms with Crippen molar-refractivity contribution in [2.75, 3.05) is 5.73 Å². The van der Waals surface area contributed by atoms with Gasteiger partial charge in [-0.2, -0.15) is 0 Å². The molecule has 1 aliphatic carbocycles. The van der Waals surface area contributed by atoms with Crippen molar-refractivity contribution in [3.63, 3.8) is 0 Å². The fourth-order valence-corrected chi connectivity index (χ4v) is 2.47. The molecule has 1 fully saturated rings. The zero-order valence-corrected chi connectivity index (χ0v) is 11.2. The van der Waals surface area contributed by atoms with Gasteiger partial charge in [-0.05, 0) is 44.4 Å². The second kappa shape index (κ2) is 5.01. The van der Waals surface area contributed by atoms with Crippen molar-refractivity contribution in [2.45, 2.75) is 51.0 Å². The lowest BCUT2D eigenvalue weighted by molar-refractivity contribution is -0.126. The van der Waals surface area contributed by atoms with Crippen molar-refractivity contribution in [1.82, 2.24) is 5.32 Å². The number of hydrogen-bond donors (Lipinski definition) is 2. The topological polar surface area (TPSA) is 55.1 Å². The van der Waals surface area contributed by atoms with E-state index in [1.54, 1.807) is 0 Å². The van der Waals surface area contributed by atoms with Crippen molar-refractivity contribution in [1.29, 1.82) is 0 Å². The first kappa shape index (κ1) is 12.9. The normalized spacial score (nSPS) is 16.8. The number of carbonyl (C=O) groups excluding carboxylic acids is 1. The number of nitrogen functional groups attached to an aromatic ring is 1. The summed E-state index contributed by atoms with van der Waals surface area (Å²) in [6.45, 7) is 3.92.